The van der Waals surface area contributed by atoms with Gasteiger partial charge in [0.05, 0.1) is 5.75 Å². The van der Waals surface area contributed by atoms with Crippen LogP contribution in [0.15, 0.2) is 24.3 Å². The highest BCUT2D eigenvalue weighted by molar-refractivity contribution is 7.93. The maximum atomic E-state index is 12.4. The topological polar surface area (TPSA) is 91.8 Å². The van der Waals surface area contributed by atoms with Gasteiger partial charge in [-0.2, -0.15) is 0 Å². The van der Waals surface area contributed by atoms with E-state index in [1.165, 1.54) is 0 Å². The van der Waals surface area contributed by atoms with Gasteiger partial charge < -0.3 is 10.0 Å². The van der Waals surface area contributed by atoms with Crippen LogP contribution >= 0.6 is 11.6 Å². The summed E-state index contributed by atoms with van der Waals surface area (Å²) in [5, 5.41) is 8.36. The molecule has 0 bridgehead atoms. The van der Waals surface area contributed by atoms with E-state index in [4.69, 9.17) is 16.7 Å². The molecule has 1 N–H and O–H groups in total. The Bertz CT molecular complexity index is 671. The summed E-state index contributed by atoms with van der Waals surface area (Å²) in [5.74, 6) is -1.85. The average molecular weight is 346 g/mol. The molecule has 0 saturated carbocycles. The molecule has 0 spiro atoms. The van der Waals surface area contributed by atoms with Crippen LogP contribution in [0.5, 0.6) is 0 Å². The van der Waals surface area contributed by atoms with Crippen molar-refractivity contribution < 1.29 is 23.1 Å². The summed E-state index contributed by atoms with van der Waals surface area (Å²) in [6, 6.07) is 6.61. The first kappa shape index (κ1) is 16.8. The van der Waals surface area contributed by atoms with Crippen LogP contribution in [-0.2, 0) is 26.0 Å². The normalized spacial score (nSPS) is 19.8. The van der Waals surface area contributed by atoms with Gasteiger partial charge in [0, 0.05) is 11.6 Å². The summed E-state index contributed by atoms with van der Waals surface area (Å²) in [6.07, 6.45) is 0.679. The van der Waals surface area contributed by atoms with E-state index in [0.717, 1.165) is 4.90 Å². The predicted molar refractivity (Wildman–Crippen MR) is 81.3 cm³/mol. The zero-order valence-corrected chi connectivity index (χ0v) is 13.3. The van der Waals surface area contributed by atoms with Crippen molar-refractivity contribution in [1.82, 2.24) is 4.90 Å². The number of carboxylic acids is 1. The number of carbonyl (C=O) groups is 2. The van der Waals surface area contributed by atoms with E-state index < -0.39 is 33.5 Å². The van der Waals surface area contributed by atoms with Crippen LogP contribution in [-0.4, -0.2) is 47.8 Å². The first-order valence-corrected chi connectivity index (χ1v) is 8.85. The van der Waals surface area contributed by atoms with Gasteiger partial charge in [0.25, 0.3) is 0 Å². The van der Waals surface area contributed by atoms with Gasteiger partial charge in [-0.05, 0) is 30.5 Å². The quantitative estimate of drug-likeness (QED) is 0.869. The first-order valence-electron chi connectivity index (χ1n) is 6.76. The standard InChI is InChI=1S/C14H16ClNO5S/c15-11-5-3-10(4-6-11)8-16(9-13(17)18)14(19)12-2-1-7-22(12,20)21/h3-6,12H,1-2,7-9H2,(H,17,18). The van der Waals surface area contributed by atoms with Crippen LogP contribution in [0.1, 0.15) is 18.4 Å². The van der Waals surface area contributed by atoms with Gasteiger partial charge in [-0.3, -0.25) is 9.59 Å². The Balaban J connectivity index is 2.20. The minimum Gasteiger partial charge on any atom is -0.480 e. The molecular weight excluding hydrogens is 330 g/mol. The number of carboxylic acid groups (broad SMARTS) is 1. The van der Waals surface area contributed by atoms with Crippen molar-refractivity contribution >= 4 is 33.3 Å². The molecule has 6 nitrogen and oxygen atoms in total. The van der Waals surface area contributed by atoms with Crippen molar-refractivity contribution in [2.75, 3.05) is 12.3 Å². The molecule has 1 aromatic carbocycles. The molecule has 1 saturated heterocycles. The van der Waals surface area contributed by atoms with Crippen molar-refractivity contribution in [2.24, 2.45) is 0 Å². The molecular formula is C14H16ClNO5S. The summed E-state index contributed by atoms with van der Waals surface area (Å²) in [5.41, 5.74) is 0.689. The lowest BCUT2D eigenvalue weighted by atomic mass is 10.2. The van der Waals surface area contributed by atoms with E-state index in [9.17, 15) is 18.0 Å². The number of carbonyl (C=O) groups excluding carboxylic acids is 1. The number of rotatable bonds is 5. The van der Waals surface area contributed by atoms with Gasteiger partial charge in [0.2, 0.25) is 5.91 Å². The Morgan fingerprint density at radius 1 is 1.27 bits per heavy atom. The number of sulfone groups is 1. The number of amides is 1. The van der Waals surface area contributed by atoms with Crippen LogP contribution in [0.3, 0.4) is 0 Å². The average Bonchev–Trinajstić information content (AvgIpc) is 2.79. The molecule has 120 valence electrons. The molecule has 1 aliphatic heterocycles. The van der Waals surface area contributed by atoms with E-state index in [2.05, 4.69) is 0 Å². The van der Waals surface area contributed by atoms with Crippen molar-refractivity contribution in [2.45, 2.75) is 24.6 Å². The van der Waals surface area contributed by atoms with E-state index in [-0.39, 0.29) is 18.7 Å². The number of nitrogens with zero attached hydrogens (tertiary/aromatic N) is 1. The molecule has 0 radical (unpaired) electrons. The second-order valence-corrected chi connectivity index (χ2v) is 7.95. The summed E-state index contributed by atoms with van der Waals surface area (Å²) in [7, 11) is -3.47. The van der Waals surface area contributed by atoms with Gasteiger partial charge in [-0.1, -0.05) is 23.7 Å². The highest BCUT2D eigenvalue weighted by Crippen LogP contribution is 2.23. The van der Waals surface area contributed by atoms with E-state index in [1.807, 2.05) is 0 Å². The molecule has 0 aliphatic carbocycles. The lowest BCUT2D eigenvalue weighted by Crippen LogP contribution is -2.43. The van der Waals surface area contributed by atoms with Crippen LogP contribution < -0.4 is 0 Å². The SMILES string of the molecule is O=C(O)CN(Cc1ccc(Cl)cc1)C(=O)C1CCCS1(=O)=O. The molecule has 1 heterocycles. The Labute approximate surface area is 133 Å². The highest BCUT2D eigenvalue weighted by atomic mass is 35.5. The zero-order valence-electron chi connectivity index (χ0n) is 11.7. The Kier molecular flexibility index (Phi) is 5.08. The third-order valence-electron chi connectivity index (χ3n) is 3.53. The molecule has 1 unspecified atom stereocenters. The third kappa shape index (κ3) is 3.98. The first-order chi connectivity index (χ1) is 10.3. The summed E-state index contributed by atoms with van der Waals surface area (Å²) >= 11 is 5.78. The second kappa shape index (κ2) is 6.66. The number of hydrogen-bond acceptors (Lipinski definition) is 4. The lowest BCUT2D eigenvalue weighted by Gasteiger charge is -2.23. The predicted octanol–water partition coefficient (Wildman–Crippen LogP) is 1.33. The van der Waals surface area contributed by atoms with Crippen molar-refractivity contribution in [1.29, 1.82) is 0 Å². The van der Waals surface area contributed by atoms with Crippen molar-refractivity contribution in [3.05, 3.63) is 34.9 Å². The molecule has 1 aromatic rings. The number of benzene rings is 1. The summed E-state index contributed by atoms with van der Waals surface area (Å²) < 4.78 is 23.8. The van der Waals surface area contributed by atoms with Gasteiger partial charge in [-0.25, -0.2) is 8.42 Å². The molecule has 2 rings (SSSR count). The maximum Gasteiger partial charge on any atom is 0.323 e. The summed E-state index contributed by atoms with van der Waals surface area (Å²) in [4.78, 5) is 24.5. The van der Waals surface area contributed by atoms with E-state index in [1.54, 1.807) is 24.3 Å². The summed E-state index contributed by atoms with van der Waals surface area (Å²) in [6.45, 7) is -0.498. The van der Waals surface area contributed by atoms with Gasteiger partial charge in [0.15, 0.2) is 9.84 Å². The van der Waals surface area contributed by atoms with Crippen LogP contribution in [0.2, 0.25) is 5.02 Å². The number of aliphatic carboxylic acids is 1. The molecule has 1 fully saturated rings. The Hall–Kier alpha value is -1.60. The molecule has 0 aromatic heterocycles. The zero-order chi connectivity index (χ0) is 16.3. The highest BCUT2D eigenvalue weighted by Gasteiger charge is 2.39. The maximum absolute atomic E-state index is 12.4. The minimum absolute atomic E-state index is 0.0226. The fourth-order valence-electron chi connectivity index (χ4n) is 2.46. The lowest BCUT2D eigenvalue weighted by molar-refractivity contribution is -0.144. The van der Waals surface area contributed by atoms with Crippen molar-refractivity contribution in [3.8, 4) is 0 Å². The third-order valence-corrected chi connectivity index (χ3v) is 5.94. The second-order valence-electron chi connectivity index (χ2n) is 5.21. The fourth-order valence-corrected chi connectivity index (χ4v) is 4.42. The molecule has 1 aliphatic rings. The molecule has 1 amide bonds. The molecule has 1 atom stereocenters. The van der Waals surface area contributed by atoms with Crippen LogP contribution in [0, 0.1) is 0 Å². The van der Waals surface area contributed by atoms with Gasteiger partial charge >= 0.3 is 5.97 Å². The Morgan fingerprint density at radius 3 is 2.41 bits per heavy atom. The van der Waals surface area contributed by atoms with E-state index in [0.29, 0.717) is 17.0 Å². The minimum atomic E-state index is -3.47. The molecule has 22 heavy (non-hydrogen) atoms. The monoisotopic (exact) mass is 345 g/mol. The van der Waals surface area contributed by atoms with Crippen molar-refractivity contribution in [3.63, 3.8) is 0 Å². The van der Waals surface area contributed by atoms with Gasteiger partial charge in [-0.15, -0.1) is 0 Å². The Morgan fingerprint density at radius 2 is 1.91 bits per heavy atom. The molecule has 8 heteroatoms. The number of halogens is 1. The van der Waals surface area contributed by atoms with E-state index >= 15 is 0 Å². The van der Waals surface area contributed by atoms with Crippen LogP contribution in [0.25, 0.3) is 0 Å². The smallest absolute Gasteiger partial charge is 0.323 e. The van der Waals surface area contributed by atoms with Crippen LogP contribution in [0.4, 0.5) is 0 Å². The largest absolute Gasteiger partial charge is 0.480 e. The van der Waals surface area contributed by atoms with Gasteiger partial charge in [0.1, 0.15) is 11.8 Å². The fraction of sp³-hybridized carbons (Fsp3) is 0.429. The number of hydrogen-bond donors (Lipinski definition) is 1.